The van der Waals surface area contributed by atoms with Crippen LogP contribution in [0.2, 0.25) is 0 Å². The molecular weight excluding hydrogens is 266 g/mol. The summed E-state index contributed by atoms with van der Waals surface area (Å²) in [6.07, 6.45) is 4.72. The van der Waals surface area contributed by atoms with Crippen LogP contribution >= 0.6 is 0 Å². The van der Waals surface area contributed by atoms with E-state index >= 15 is 0 Å². The highest BCUT2D eigenvalue weighted by Gasteiger charge is 2.21. The molecule has 0 unspecified atom stereocenters. The van der Waals surface area contributed by atoms with Gasteiger partial charge in [-0.25, -0.2) is 9.78 Å². The number of carbonyl (C=O) groups excluding carboxylic acids is 1. The van der Waals surface area contributed by atoms with Crippen molar-refractivity contribution in [1.82, 2.24) is 4.98 Å². The second-order valence-electron chi connectivity index (χ2n) is 6.23. The van der Waals surface area contributed by atoms with Crippen LogP contribution in [0.15, 0.2) is 23.3 Å². The van der Waals surface area contributed by atoms with E-state index < -0.39 is 11.7 Å². The lowest BCUT2D eigenvalue weighted by Gasteiger charge is -2.24. The van der Waals surface area contributed by atoms with E-state index in [-0.39, 0.29) is 0 Å². The molecule has 0 saturated heterocycles. The van der Waals surface area contributed by atoms with Gasteiger partial charge < -0.3 is 4.74 Å². The predicted molar refractivity (Wildman–Crippen MR) is 84.1 cm³/mol. The number of aromatic nitrogens is 1. The van der Waals surface area contributed by atoms with Crippen LogP contribution in [0.1, 0.15) is 45.6 Å². The van der Waals surface area contributed by atoms with Crippen LogP contribution < -0.4 is 4.90 Å². The number of aliphatic imine (C=N–C) groups is 1. The molecule has 0 aromatic carbocycles. The van der Waals surface area contributed by atoms with Crippen molar-refractivity contribution in [3.63, 3.8) is 0 Å². The van der Waals surface area contributed by atoms with Gasteiger partial charge in [0.1, 0.15) is 11.4 Å². The van der Waals surface area contributed by atoms with Crippen LogP contribution in [-0.4, -0.2) is 36.0 Å². The van der Waals surface area contributed by atoms with Crippen molar-refractivity contribution < 1.29 is 9.53 Å². The SMILES string of the molecule is CN(C(=O)OC(C)(C)C)c1ccc(C2=NCCCC2)cn1. The minimum absolute atomic E-state index is 0.405. The highest BCUT2D eigenvalue weighted by Crippen LogP contribution is 2.17. The van der Waals surface area contributed by atoms with Gasteiger partial charge >= 0.3 is 6.09 Å². The molecule has 1 amide bonds. The molecule has 1 aromatic heterocycles. The molecule has 0 radical (unpaired) electrons. The second-order valence-corrected chi connectivity index (χ2v) is 6.23. The number of pyridine rings is 1. The zero-order chi connectivity index (χ0) is 15.5. The largest absolute Gasteiger partial charge is 0.443 e. The van der Waals surface area contributed by atoms with Crippen LogP contribution in [0.3, 0.4) is 0 Å². The molecule has 0 bridgehead atoms. The summed E-state index contributed by atoms with van der Waals surface area (Å²) in [6.45, 7) is 6.43. The van der Waals surface area contributed by atoms with E-state index in [0.717, 1.165) is 30.7 Å². The van der Waals surface area contributed by atoms with Gasteiger partial charge in [0.2, 0.25) is 0 Å². The molecule has 114 valence electrons. The molecule has 0 N–H and O–H groups in total. The third-order valence-corrected chi connectivity index (χ3v) is 3.22. The van der Waals surface area contributed by atoms with Crippen LogP contribution in [-0.2, 0) is 4.74 Å². The Balaban J connectivity index is 2.08. The summed E-state index contributed by atoms with van der Waals surface area (Å²) in [4.78, 5) is 22.3. The molecule has 21 heavy (non-hydrogen) atoms. The van der Waals surface area contributed by atoms with Crippen LogP contribution in [0.5, 0.6) is 0 Å². The Morgan fingerprint density at radius 3 is 2.57 bits per heavy atom. The van der Waals surface area contributed by atoms with E-state index in [2.05, 4.69) is 9.98 Å². The van der Waals surface area contributed by atoms with E-state index in [1.165, 1.54) is 11.3 Å². The monoisotopic (exact) mass is 289 g/mol. The van der Waals surface area contributed by atoms with Crippen LogP contribution in [0.4, 0.5) is 10.6 Å². The van der Waals surface area contributed by atoms with Crippen molar-refractivity contribution >= 4 is 17.6 Å². The Morgan fingerprint density at radius 2 is 2.05 bits per heavy atom. The summed E-state index contributed by atoms with van der Waals surface area (Å²) in [5.74, 6) is 0.574. The van der Waals surface area contributed by atoms with Crippen molar-refractivity contribution in [3.05, 3.63) is 23.9 Å². The molecule has 0 spiro atoms. The number of hydrogen-bond donors (Lipinski definition) is 0. The van der Waals surface area contributed by atoms with Crippen molar-refractivity contribution in [1.29, 1.82) is 0 Å². The zero-order valence-corrected chi connectivity index (χ0v) is 13.2. The summed E-state index contributed by atoms with van der Waals surface area (Å²) in [7, 11) is 1.66. The average Bonchev–Trinajstić information content (AvgIpc) is 2.46. The first-order valence-corrected chi connectivity index (χ1v) is 7.33. The van der Waals surface area contributed by atoms with Gasteiger partial charge in [-0.3, -0.25) is 9.89 Å². The Morgan fingerprint density at radius 1 is 1.29 bits per heavy atom. The molecule has 0 aliphatic carbocycles. The van der Waals surface area contributed by atoms with Gasteiger partial charge in [0.25, 0.3) is 0 Å². The first-order valence-electron chi connectivity index (χ1n) is 7.33. The highest BCUT2D eigenvalue weighted by molar-refractivity contribution is 6.01. The van der Waals surface area contributed by atoms with E-state index in [1.807, 2.05) is 32.9 Å². The number of amides is 1. The molecule has 0 atom stereocenters. The number of hydrogen-bond acceptors (Lipinski definition) is 4. The first kappa shape index (κ1) is 15.5. The van der Waals surface area contributed by atoms with Crippen molar-refractivity contribution in [2.24, 2.45) is 4.99 Å². The van der Waals surface area contributed by atoms with Gasteiger partial charge in [0.05, 0.1) is 0 Å². The number of ether oxygens (including phenoxy) is 1. The summed E-state index contributed by atoms with van der Waals surface area (Å²) >= 11 is 0. The fourth-order valence-corrected chi connectivity index (χ4v) is 2.11. The maximum Gasteiger partial charge on any atom is 0.415 e. The lowest BCUT2D eigenvalue weighted by atomic mass is 10.0. The standard InChI is InChI=1S/C16H23N3O2/c1-16(2,3)21-15(20)19(4)14-9-8-12(11-18-14)13-7-5-6-10-17-13/h8-9,11H,5-7,10H2,1-4H3. The van der Waals surface area contributed by atoms with Gasteiger partial charge in [-0.15, -0.1) is 0 Å². The third-order valence-electron chi connectivity index (χ3n) is 3.22. The van der Waals surface area contributed by atoms with E-state index in [0.29, 0.717) is 5.82 Å². The van der Waals surface area contributed by atoms with E-state index in [1.54, 1.807) is 13.2 Å². The van der Waals surface area contributed by atoms with Crippen LogP contribution in [0, 0.1) is 0 Å². The smallest absolute Gasteiger partial charge is 0.415 e. The highest BCUT2D eigenvalue weighted by atomic mass is 16.6. The van der Waals surface area contributed by atoms with E-state index in [4.69, 9.17) is 4.74 Å². The molecule has 5 heteroatoms. The Hall–Kier alpha value is -1.91. The van der Waals surface area contributed by atoms with Gasteiger partial charge in [0, 0.05) is 31.1 Å². The molecule has 0 fully saturated rings. The fraction of sp³-hybridized carbons (Fsp3) is 0.562. The minimum atomic E-state index is -0.512. The summed E-state index contributed by atoms with van der Waals surface area (Å²) in [5.41, 5.74) is 1.64. The third kappa shape index (κ3) is 4.28. The average molecular weight is 289 g/mol. The maximum absolute atomic E-state index is 12.0. The van der Waals surface area contributed by atoms with Gasteiger partial charge in [-0.1, -0.05) is 0 Å². The number of carbonyl (C=O) groups is 1. The molecule has 5 nitrogen and oxygen atoms in total. The van der Waals surface area contributed by atoms with Gasteiger partial charge in [-0.05, 0) is 52.2 Å². The predicted octanol–water partition coefficient (Wildman–Crippen LogP) is 3.43. The van der Waals surface area contributed by atoms with Crippen molar-refractivity contribution in [3.8, 4) is 0 Å². The molecule has 1 aliphatic rings. The fourth-order valence-electron chi connectivity index (χ4n) is 2.11. The quantitative estimate of drug-likeness (QED) is 0.838. The molecule has 1 aromatic rings. The zero-order valence-electron chi connectivity index (χ0n) is 13.2. The van der Waals surface area contributed by atoms with Gasteiger partial charge in [-0.2, -0.15) is 0 Å². The van der Waals surface area contributed by atoms with Gasteiger partial charge in [0.15, 0.2) is 0 Å². The molecule has 1 aliphatic heterocycles. The molecule has 2 heterocycles. The number of anilines is 1. The van der Waals surface area contributed by atoms with Crippen LogP contribution in [0.25, 0.3) is 0 Å². The Labute approximate surface area is 126 Å². The first-order chi connectivity index (χ1) is 9.87. The van der Waals surface area contributed by atoms with E-state index in [9.17, 15) is 4.79 Å². The lowest BCUT2D eigenvalue weighted by molar-refractivity contribution is 0.0588. The lowest BCUT2D eigenvalue weighted by Crippen LogP contribution is -2.34. The molecular formula is C16H23N3O2. The number of nitrogens with zero attached hydrogens (tertiary/aromatic N) is 3. The maximum atomic E-state index is 12.0. The Bertz CT molecular complexity index is 529. The topological polar surface area (TPSA) is 54.8 Å². The van der Waals surface area contributed by atoms with Crippen molar-refractivity contribution in [2.45, 2.75) is 45.6 Å². The summed E-state index contributed by atoms with van der Waals surface area (Å²) in [6, 6.07) is 3.80. The van der Waals surface area contributed by atoms with Crippen molar-refractivity contribution in [2.75, 3.05) is 18.5 Å². The summed E-state index contributed by atoms with van der Waals surface area (Å²) < 4.78 is 5.32. The summed E-state index contributed by atoms with van der Waals surface area (Å²) in [5, 5.41) is 0. The second kappa shape index (κ2) is 6.24. The number of rotatable bonds is 2. The Kier molecular flexibility index (Phi) is 4.60. The molecule has 2 rings (SSSR count). The normalized spacial score (nSPS) is 15.3. The molecule has 0 saturated carbocycles. The minimum Gasteiger partial charge on any atom is -0.443 e.